The van der Waals surface area contributed by atoms with Gasteiger partial charge in [0.2, 0.25) is 0 Å². The molecule has 0 aliphatic rings. The van der Waals surface area contributed by atoms with Crippen molar-refractivity contribution in [1.82, 2.24) is 0 Å². The molecular formula is C19H22O3. The lowest BCUT2D eigenvalue weighted by atomic mass is 10.0. The summed E-state index contributed by atoms with van der Waals surface area (Å²) in [7, 11) is 0. The monoisotopic (exact) mass is 298 g/mol. The molecule has 2 aromatic rings. The quantitative estimate of drug-likeness (QED) is 0.664. The van der Waals surface area contributed by atoms with Crippen LogP contribution in [0.25, 0.3) is 6.08 Å². The van der Waals surface area contributed by atoms with Crippen molar-refractivity contribution in [2.24, 2.45) is 0 Å². The molecule has 22 heavy (non-hydrogen) atoms. The van der Waals surface area contributed by atoms with E-state index in [4.69, 9.17) is 0 Å². The summed E-state index contributed by atoms with van der Waals surface area (Å²) in [5, 5.41) is 28.5. The first-order valence-corrected chi connectivity index (χ1v) is 7.58. The second-order valence-corrected chi connectivity index (χ2v) is 5.39. The van der Waals surface area contributed by atoms with Gasteiger partial charge in [0, 0.05) is 0 Å². The van der Waals surface area contributed by atoms with Crippen molar-refractivity contribution in [2.45, 2.75) is 31.8 Å². The maximum absolute atomic E-state index is 10.0. The molecule has 116 valence electrons. The normalized spacial score (nSPS) is 12.6. The van der Waals surface area contributed by atoms with E-state index in [2.05, 4.69) is 6.08 Å². The van der Waals surface area contributed by atoms with Crippen LogP contribution < -0.4 is 0 Å². The highest BCUT2D eigenvalue weighted by Crippen LogP contribution is 2.21. The van der Waals surface area contributed by atoms with Crippen LogP contribution in [-0.2, 0) is 0 Å². The topological polar surface area (TPSA) is 60.7 Å². The molecule has 0 saturated carbocycles. The fourth-order valence-electron chi connectivity index (χ4n) is 2.27. The summed E-state index contributed by atoms with van der Waals surface area (Å²) in [4.78, 5) is 0. The molecule has 1 unspecified atom stereocenters. The van der Waals surface area contributed by atoms with Crippen LogP contribution in [0.15, 0.2) is 54.6 Å². The molecule has 0 amide bonds. The number of phenols is 2. The first kappa shape index (κ1) is 16.1. The third-order valence-electron chi connectivity index (χ3n) is 3.58. The summed E-state index contributed by atoms with van der Waals surface area (Å²) in [6, 6.07) is 13.8. The average Bonchev–Trinajstić information content (AvgIpc) is 2.53. The Morgan fingerprint density at radius 2 is 1.41 bits per heavy atom. The molecule has 3 nitrogen and oxygen atoms in total. The van der Waals surface area contributed by atoms with Crippen molar-refractivity contribution in [1.29, 1.82) is 0 Å². The van der Waals surface area contributed by atoms with Crippen LogP contribution in [0.3, 0.4) is 0 Å². The van der Waals surface area contributed by atoms with Gasteiger partial charge in [-0.05, 0) is 54.7 Å². The minimum atomic E-state index is -0.471. The molecule has 1 atom stereocenters. The van der Waals surface area contributed by atoms with Crippen LogP contribution in [0, 0.1) is 0 Å². The lowest BCUT2D eigenvalue weighted by Gasteiger charge is -2.10. The molecule has 0 aliphatic heterocycles. The zero-order chi connectivity index (χ0) is 15.8. The van der Waals surface area contributed by atoms with Gasteiger partial charge in [0.25, 0.3) is 0 Å². The van der Waals surface area contributed by atoms with Crippen LogP contribution >= 0.6 is 0 Å². The molecule has 0 radical (unpaired) electrons. The lowest BCUT2D eigenvalue weighted by molar-refractivity contribution is 0.164. The molecule has 2 aromatic carbocycles. The number of phenolic OH excluding ortho intramolecular Hbond substituents is 2. The fraction of sp³-hybridized carbons (Fsp3) is 0.263. The van der Waals surface area contributed by atoms with Crippen LogP contribution in [0.4, 0.5) is 0 Å². The van der Waals surface area contributed by atoms with Crippen molar-refractivity contribution in [3.05, 3.63) is 65.7 Å². The van der Waals surface area contributed by atoms with E-state index in [1.807, 2.05) is 18.2 Å². The highest BCUT2D eigenvalue weighted by atomic mass is 16.3. The minimum Gasteiger partial charge on any atom is -0.508 e. The van der Waals surface area contributed by atoms with Crippen molar-refractivity contribution in [3.63, 3.8) is 0 Å². The van der Waals surface area contributed by atoms with Crippen molar-refractivity contribution < 1.29 is 15.3 Å². The van der Waals surface area contributed by atoms with Crippen LogP contribution in [0.2, 0.25) is 0 Å². The number of unbranched alkanes of at least 4 members (excludes halogenated alkanes) is 2. The Balaban J connectivity index is 1.66. The second kappa shape index (κ2) is 8.25. The summed E-state index contributed by atoms with van der Waals surface area (Å²) in [6.45, 7) is 0. The van der Waals surface area contributed by atoms with E-state index >= 15 is 0 Å². The summed E-state index contributed by atoms with van der Waals surface area (Å²) in [5.74, 6) is 0.496. The standard InChI is InChI=1S/C19H22O3/c20-17-11-7-15(8-12-17)5-3-1-2-4-6-19(22)16-9-13-18(21)14-10-16/h3,5,7-14,19-22H,1-2,4,6H2. The summed E-state index contributed by atoms with van der Waals surface area (Å²) < 4.78 is 0. The Morgan fingerprint density at radius 1 is 0.818 bits per heavy atom. The number of aliphatic hydroxyl groups is 1. The van der Waals surface area contributed by atoms with Gasteiger partial charge in [0.1, 0.15) is 11.5 Å². The molecule has 0 spiro atoms. The highest BCUT2D eigenvalue weighted by Gasteiger charge is 2.06. The molecular weight excluding hydrogens is 276 g/mol. The molecule has 2 rings (SSSR count). The Labute approximate surface area is 131 Å². The third-order valence-corrected chi connectivity index (χ3v) is 3.58. The number of allylic oxidation sites excluding steroid dienone is 1. The number of hydrogen-bond acceptors (Lipinski definition) is 3. The van der Waals surface area contributed by atoms with Crippen molar-refractivity contribution in [3.8, 4) is 11.5 Å². The van der Waals surface area contributed by atoms with E-state index in [-0.39, 0.29) is 11.5 Å². The number of benzene rings is 2. The van der Waals surface area contributed by atoms with Gasteiger partial charge >= 0.3 is 0 Å². The summed E-state index contributed by atoms with van der Waals surface area (Å²) >= 11 is 0. The van der Waals surface area contributed by atoms with Gasteiger partial charge in [-0.2, -0.15) is 0 Å². The van der Waals surface area contributed by atoms with Gasteiger partial charge in [0.15, 0.2) is 0 Å². The van der Waals surface area contributed by atoms with Gasteiger partial charge in [-0.3, -0.25) is 0 Å². The van der Waals surface area contributed by atoms with Gasteiger partial charge < -0.3 is 15.3 Å². The third kappa shape index (κ3) is 5.26. The second-order valence-electron chi connectivity index (χ2n) is 5.39. The number of rotatable bonds is 7. The van der Waals surface area contributed by atoms with E-state index in [1.165, 1.54) is 0 Å². The van der Waals surface area contributed by atoms with Gasteiger partial charge in [0.05, 0.1) is 6.10 Å². The maximum Gasteiger partial charge on any atom is 0.115 e. The first-order chi connectivity index (χ1) is 10.6. The smallest absolute Gasteiger partial charge is 0.115 e. The lowest BCUT2D eigenvalue weighted by Crippen LogP contribution is -1.96. The van der Waals surface area contributed by atoms with Crippen LogP contribution in [0.5, 0.6) is 11.5 Å². The molecule has 3 heteroatoms. The SMILES string of the molecule is Oc1ccc(C=CCCCCC(O)c2ccc(O)cc2)cc1. The summed E-state index contributed by atoms with van der Waals surface area (Å²) in [5.41, 5.74) is 1.92. The first-order valence-electron chi connectivity index (χ1n) is 7.58. The van der Waals surface area contributed by atoms with E-state index in [9.17, 15) is 15.3 Å². The molecule has 3 N–H and O–H groups in total. The van der Waals surface area contributed by atoms with E-state index < -0.39 is 6.10 Å². The predicted molar refractivity (Wildman–Crippen MR) is 88.7 cm³/mol. The Bertz CT molecular complexity index is 585. The molecule has 0 aromatic heterocycles. The van der Waals surface area contributed by atoms with Crippen molar-refractivity contribution in [2.75, 3.05) is 0 Å². The number of aliphatic hydroxyl groups excluding tert-OH is 1. The van der Waals surface area contributed by atoms with Gasteiger partial charge in [-0.25, -0.2) is 0 Å². The molecule has 0 bridgehead atoms. The largest absolute Gasteiger partial charge is 0.508 e. The maximum atomic E-state index is 10.0. The van der Waals surface area contributed by atoms with E-state index in [1.54, 1.807) is 36.4 Å². The number of aromatic hydroxyl groups is 2. The fourth-order valence-corrected chi connectivity index (χ4v) is 2.27. The zero-order valence-corrected chi connectivity index (χ0v) is 12.5. The Morgan fingerprint density at radius 3 is 2.05 bits per heavy atom. The van der Waals surface area contributed by atoms with Crippen LogP contribution in [-0.4, -0.2) is 15.3 Å². The highest BCUT2D eigenvalue weighted by molar-refractivity contribution is 5.50. The Kier molecular flexibility index (Phi) is 6.04. The molecule has 0 fully saturated rings. The number of hydrogen-bond donors (Lipinski definition) is 3. The molecule has 0 saturated heterocycles. The predicted octanol–water partition coefficient (Wildman–Crippen LogP) is 4.41. The summed E-state index contributed by atoms with van der Waals surface area (Å²) in [6.07, 6.45) is 7.32. The molecule has 0 aliphatic carbocycles. The molecule has 0 heterocycles. The van der Waals surface area contributed by atoms with E-state index in [0.717, 1.165) is 36.8 Å². The van der Waals surface area contributed by atoms with Gasteiger partial charge in [-0.1, -0.05) is 42.8 Å². The van der Waals surface area contributed by atoms with E-state index in [0.29, 0.717) is 0 Å². The van der Waals surface area contributed by atoms with Crippen molar-refractivity contribution >= 4 is 6.08 Å². The minimum absolute atomic E-state index is 0.218. The Hall–Kier alpha value is -2.26. The zero-order valence-electron chi connectivity index (χ0n) is 12.5. The van der Waals surface area contributed by atoms with Crippen LogP contribution in [0.1, 0.15) is 42.9 Å². The van der Waals surface area contributed by atoms with Gasteiger partial charge in [-0.15, -0.1) is 0 Å². The average molecular weight is 298 g/mol.